The summed E-state index contributed by atoms with van der Waals surface area (Å²) in [5.74, 6) is 2.46. The minimum atomic E-state index is -0.0771. The van der Waals surface area contributed by atoms with Crippen molar-refractivity contribution in [1.29, 1.82) is 0 Å². The van der Waals surface area contributed by atoms with Crippen LogP contribution in [0.2, 0.25) is 0 Å². The molecule has 1 aromatic carbocycles. The van der Waals surface area contributed by atoms with E-state index in [4.69, 9.17) is 4.74 Å². The highest BCUT2D eigenvalue weighted by Crippen LogP contribution is 2.57. The van der Waals surface area contributed by atoms with Gasteiger partial charge in [-0.2, -0.15) is 0 Å². The van der Waals surface area contributed by atoms with E-state index in [-0.39, 0.29) is 5.41 Å². The molecule has 2 saturated carbocycles. The van der Waals surface area contributed by atoms with Gasteiger partial charge in [0.1, 0.15) is 11.5 Å². The molecule has 0 aliphatic heterocycles. The highest BCUT2D eigenvalue weighted by Gasteiger charge is 2.52. The Morgan fingerprint density at radius 2 is 2.14 bits per heavy atom. The Labute approximate surface area is 126 Å². The molecule has 2 unspecified atom stereocenters. The molecule has 110 valence electrons. The Kier molecular flexibility index (Phi) is 2.79. The van der Waals surface area contributed by atoms with Crippen LogP contribution in [0.5, 0.6) is 5.75 Å². The normalized spacial score (nSPS) is 33.8. The van der Waals surface area contributed by atoms with E-state index in [2.05, 4.69) is 31.2 Å². The molecule has 0 aromatic heterocycles. The largest absolute Gasteiger partial charge is 0.497 e. The molecule has 3 atom stereocenters. The Bertz CT molecular complexity index is 643. The predicted octanol–water partition coefficient (Wildman–Crippen LogP) is 4.04. The third-order valence-corrected chi connectivity index (χ3v) is 6.11. The molecular weight excluding hydrogens is 260 g/mol. The molecule has 21 heavy (non-hydrogen) atoms. The first-order valence-corrected chi connectivity index (χ1v) is 8.03. The maximum Gasteiger partial charge on any atom is 0.139 e. The van der Waals surface area contributed by atoms with Crippen LogP contribution < -0.4 is 4.74 Å². The highest BCUT2D eigenvalue weighted by molar-refractivity contribution is 5.88. The molecule has 2 nitrogen and oxygen atoms in total. The Morgan fingerprint density at radius 3 is 2.95 bits per heavy atom. The number of carbonyl (C=O) groups excluding carboxylic acids is 1. The number of rotatable bonds is 1. The zero-order chi connectivity index (χ0) is 14.6. The molecule has 0 spiro atoms. The lowest BCUT2D eigenvalue weighted by Gasteiger charge is -2.43. The van der Waals surface area contributed by atoms with Gasteiger partial charge in [0.2, 0.25) is 0 Å². The maximum absolute atomic E-state index is 12.3. The molecule has 1 aromatic rings. The molecule has 2 heteroatoms. The minimum absolute atomic E-state index is 0.0771. The first-order valence-electron chi connectivity index (χ1n) is 8.03. The molecule has 0 heterocycles. The van der Waals surface area contributed by atoms with Gasteiger partial charge in [-0.15, -0.1) is 0 Å². The Balaban J connectivity index is 1.74. The molecule has 4 rings (SSSR count). The molecule has 2 fully saturated rings. The fourth-order valence-corrected chi connectivity index (χ4v) is 4.85. The van der Waals surface area contributed by atoms with Gasteiger partial charge >= 0.3 is 0 Å². The lowest BCUT2D eigenvalue weighted by molar-refractivity contribution is -0.126. The van der Waals surface area contributed by atoms with E-state index in [9.17, 15) is 4.79 Å². The summed E-state index contributed by atoms with van der Waals surface area (Å²) in [6, 6.07) is 6.50. The second kappa shape index (κ2) is 4.46. The van der Waals surface area contributed by atoms with Gasteiger partial charge in [0.05, 0.1) is 7.11 Å². The van der Waals surface area contributed by atoms with E-state index in [0.29, 0.717) is 17.6 Å². The second-order valence-corrected chi connectivity index (χ2v) is 7.00. The van der Waals surface area contributed by atoms with Crippen LogP contribution in [-0.4, -0.2) is 12.9 Å². The van der Waals surface area contributed by atoms with Crippen molar-refractivity contribution in [2.75, 3.05) is 7.11 Å². The van der Waals surface area contributed by atoms with Crippen LogP contribution in [0, 0.1) is 11.3 Å². The van der Waals surface area contributed by atoms with Gasteiger partial charge in [-0.3, -0.25) is 4.79 Å². The fourth-order valence-electron chi connectivity index (χ4n) is 4.85. The summed E-state index contributed by atoms with van der Waals surface area (Å²) >= 11 is 0. The molecule has 0 amide bonds. The van der Waals surface area contributed by atoms with Crippen LogP contribution in [0.3, 0.4) is 0 Å². The van der Waals surface area contributed by atoms with Gasteiger partial charge in [0.25, 0.3) is 0 Å². The van der Waals surface area contributed by atoms with Crippen LogP contribution in [0.1, 0.15) is 49.7 Å². The predicted molar refractivity (Wildman–Crippen MR) is 82.6 cm³/mol. The number of fused-ring (bicyclic) bond motifs is 5. The topological polar surface area (TPSA) is 26.3 Å². The van der Waals surface area contributed by atoms with E-state index >= 15 is 0 Å². The molecule has 0 radical (unpaired) electrons. The van der Waals surface area contributed by atoms with Crippen molar-refractivity contribution in [3.63, 3.8) is 0 Å². The lowest BCUT2D eigenvalue weighted by Crippen LogP contribution is -2.37. The fraction of sp³-hybridized carbons (Fsp3) is 0.526. The third-order valence-electron chi connectivity index (χ3n) is 6.11. The van der Waals surface area contributed by atoms with E-state index in [0.717, 1.165) is 37.9 Å². The van der Waals surface area contributed by atoms with Crippen LogP contribution in [-0.2, 0) is 11.2 Å². The zero-order valence-corrected chi connectivity index (χ0v) is 12.8. The number of benzene rings is 1. The summed E-state index contributed by atoms with van der Waals surface area (Å²) in [4.78, 5) is 12.3. The van der Waals surface area contributed by atoms with E-state index in [1.807, 2.05) is 0 Å². The monoisotopic (exact) mass is 282 g/mol. The minimum Gasteiger partial charge on any atom is -0.497 e. The van der Waals surface area contributed by atoms with Gasteiger partial charge in [-0.05, 0) is 54.9 Å². The van der Waals surface area contributed by atoms with E-state index in [1.165, 1.54) is 11.1 Å². The quantitative estimate of drug-likeness (QED) is 0.727. The summed E-state index contributed by atoms with van der Waals surface area (Å²) in [6.07, 6.45) is 7.39. The molecule has 0 bridgehead atoms. The van der Waals surface area contributed by atoms with Crippen molar-refractivity contribution in [2.24, 2.45) is 11.3 Å². The Hall–Kier alpha value is -1.57. The molecule has 3 aliphatic rings. The molecular formula is C19H22O2. The zero-order valence-electron chi connectivity index (χ0n) is 12.8. The van der Waals surface area contributed by atoms with E-state index < -0.39 is 0 Å². The van der Waals surface area contributed by atoms with Gasteiger partial charge in [0.15, 0.2) is 0 Å². The number of ether oxygens (including phenoxy) is 1. The number of carbonyl (C=O) groups is 1. The SMILES string of the molecule is COc1ccc2c(c1)CC=C1C2CC[C@]2(C)C(=O)CCC12. The van der Waals surface area contributed by atoms with Crippen molar-refractivity contribution in [2.45, 2.75) is 44.9 Å². The molecule has 0 N–H and O–H groups in total. The number of hydrogen-bond donors (Lipinski definition) is 0. The molecule has 3 aliphatic carbocycles. The third kappa shape index (κ3) is 1.74. The van der Waals surface area contributed by atoms with Crippen molar-refractivity contribution in [3.05, 3.63) is 41.0 Å². The average Bonchev–Trinajstić information content (AvgIpc) is 2.82. The summed E-state index contributed by atoms with van der Waals surface area (Å²) in [7, 11) is 1.72. The average molecular weight is 282 g/mol. The van der Waals surface area contributed by atoms with Gasteiger partial charge in [-0.1, -0.05) is 24.6 Å². The number of hydrogen-bond acceptors (Lipinski definition) is 2. The Morgan fingerprint density at radius 1 is 1.29 bits per heavy atom. The van der Waals surface area contributed by atoms with Crippen molar-refractivity contribution in [3.8, 4) is 5.75 Å². The molecule has 0 saturated heterocycles. The second-order valence-electron chi connectivity index (χ2n) is 7.00. The van der Waals surface area contributed by atoms with Crippen LogP contribution in [0.15, 0.2) is 29.8 Å². The number of Topliss-reactive ketones (excluding diaryl/α,β-unsaturated/α-hetero) is 1. The van der Waals surface area contributed by atoms with Crippen LogP contribution in [0.25, 0.3) is 0 Å². The van der Waals surface area contributed by atoms with Gasteiger partial charge < -0.3 is 4.74 Å². The number of ketones is 1. The van der Waals surface area contributed by atoms with Crippen LogP contribution >= 0.6 is 0 Å². The van der Waals surface area contributed by atoms with Crippen molar-refractivity contribution in [1.82, 2.24) is 0 Å². The van der Waals surface area contributed by atoms with Gasteiger partial charge in [-0.25, -0.2) is 0 Å². The summed E-state index contributed by atoms with van der Waals surface area (Å²) in [5, 5.41) is 0. The smallest absolute Gasteiger partial charge is 0.139 e. The van der Waals surface area contributed by atoms with Crippen molar-refractivity contribution < 1.29 is 9.53 Å². The standard InChI is InChI=1S/C19H22O2/c1-19-10-9-15-14-6-4-13(21-2)11-12(14)3-5-16(15)17(19)7-8-18(19)20/h4-6,11,15,17H,3,7-10H2,1-2H3/t15?,17?,19-/m0/s1. The first-order chi connectivity index (χ1) is 10.1. The first kappa shape index (κ1) is 13.1. The highest BCUT2D eigenvalue weighted by atomic mass is 16.5. The summed E-state index contributed by atoms with van der Waals surface area (Å²) < 4.78 is 5.35. The lowest BCUT2D eigenvalue weighted by atomic mass is 9.60. The number of methoxy groups -OCH3 is 1. The van der Waals surface area contributed by atoms with Gasteiger partial charge in [0, 0.05) is 17.8 Å². The summed E-state index contributed by atoms with van der Waals surface area (Å²) in [5.41, 5.74) is 4.34. The number of allylic oxidation sites excluding steroid dienone is 2. The summed E-state index contributed by atoms with van der Waals surface area (Å²) in [6.45, 7) is 2.20. The van der Waals surface area contributed by atoms with Crippen LogP contribution in [0.4, 0.5) is 0 Å². The van der Waals surface area contributed by atoms with E-state index in [1.54, 1.807) is 12.7 Å². The van der Waals surface area contributed by atoms with Crippen molar-refractivity contribution >= 4 is 5.78 Å². The maximum atomic E-state index is 12.3.